The molecule has 1 saturated carbocycles. The first-order valence-electron chi connectivity index (χ1n) is 7.01. The molecular weight excluding hydrogens is 313 g/mol. The van der Waals surface area contributed by atoms with Gasteiger partial charge in [-0.25, -0.2) is 0 Å². The van der Waals surface area contributed by atoms with Crippen LogP contribution >= 0.6 is 0 Å². The van der Waals surface area contributed by atoms with Crippen LogP contribution in [-0.4, -0.2) is 16.3 Å². The van der Waals surface area contributed by atoms with Crippen LogP contribution in [0.25, 0.3) is 0 Å². The van der Waals surface area contributed by atoms with Gasteiger partial charge in [-0.05, 0) is 37.8 Å². The Morgan fingerprint density at radius 1 is 1.05 bits per heavy atom. The molecule has 1 aromatic carbocycles. The Kier molecular flexibility index (Phi) is 14.7. The van der Waals surface area contributed by atoms with E-state index in [1.54, 1.807) is 12.1 Å². The molecule has 1 radical (unpaired) electrons. The second kappa shape index (κ2) is 13.1. The molecule has 2 unspecified atom stereocenters. The molecule has 2 N–H and O–H groups in total. The molecule has 107 valence electrons. The zero-order chi connectivity index (χ0) is 14.0. The van der Waals surface area contributed by atoms with Gasteiger partial charge in [-0.1, -0.05) is 51.3 Å². The van der Waals surface area contributed by atoms with Gasteiger partial charge < -0.3 is 10.2 Å². The molecule has 0 saturated heterocycles. The largest absolute Gasteiger partial charge is 0.508 e. The summed E-state index contributed by atoms with van der Waals surface area (Å²) in [5, 5.41) is 17.8. The van der Waals surface area contributed by atoms with Crippen LogP contribution in [0.2, 0.25) is 0 Å². The summed E-state index contributed by atoms with van der Waals surface area (Å²) in [6, 6.07) is 7.09. The Hall–Kier alpha value is 0.0839. The van der Waals surface area contributed by atoms with Crippen molar-refractivity contribution in [2.45, 2.75) is 59.5 Å². The summed E-state index contributed by atoms with van der Waals surface area (Å²) in [5.41, 5.74) is 1.17. The SMILES string of the molecule is CC.CC1CCCC(O)C1.Cc1ccc(O)cc1.[Y]. The molecular formula is C16H28O2Y. The van der Waals surface area contributed by atoms with Crippen LogP contribution in [0.3, 0.4) is 0 Å². The molecule has 2 nitrogen and oxygen atoms in total. The van der Waals surface area contributed by atoms with Crippen molar-refractivity contribution in [3.05, 3.63) is 29.8 Å². The van der Waals surface area contributed by atoms with Crippen molar-refractivity contribution < 1.29 is 42.9 Å². The molecule has 19 heavy (non-hydrogen) atoms. The average Bonchev–Trinajstić information content (AvgIpc) is 2.36. The third kappa shape index (κ3) is 11.6. The number of benzene rings is 1. The standard InChI is InChI=1S/C7H8O.C7H14O.C2H6.Y/c1-6-2-4-7(8)5-3-6;1-6-3-2-4-7(8)5-6;1-2;/h2-5,8H,1H3;6-8H,2-5H2,1H3;1-2H3;. The summed E-state index contributed by atoms with van der Waals surface area (Å²) in [6.07, 6.45) is 4.61. The first kappa shape index (κ1) is 21.4. The van der Waals surface area contributed by atoms with Crippen LogP contribution in [0, 0.1) is 12.8 Å². The van der Waals surface area contributed by atoms with Crippen LogP contribution in [-0.2, 0) is 32.7 Å². The second-order valence-electron chi connectivity index (χ2n) is 4.76. The van der Waals surface area contributed by atoms with E-state index >= 15 is 0 Å². The van der Waals surface area contributed by atoms with E-state index in [9.17, 15) is 0 Å². The Morgan fingerprint density at radius 2 is 1.58 bits per heavy atom. The molecule has 0 heterocycles. The van der Waals surface area contributed by atoms with Gasteiger partial charge in [-0.2, -0.15) is 0 Å². The number of aliphatic hydroxyl groups excluding tert-OH is 1. The number of phenolic OH excluding ortho intramolecular Hbond substituents is 1. The maximum Gasteiger partial charge on any atom is 0.115 e. The number of rotatable bonds is 0. The van der Waals surface area contributed by atoms with Crippen LogP contribution in [0.4, 0.5) is 0 Å². The molecule has 2 rings (SSSR count). The van der Waals surface area contributed by atoms with Crippen LogP contribution in [0.1, 0.15) is 52.0 Å². The van der Waals surface area contributed by atoms with Gasteiger partial charge >= 0.3 is 0 Å². The molecule has 1 aliphatic rings. The van der Waals surface area contributed by atoms with Crippen molar-refractivity contribution in [1.29, 1.82) is 0 Å². The summed E-state index contributed by atoms with van der Waals surface area (Å²) < 4.78 is 0. The van der Waals surface area contributed by atoms with E-state index in [2.05, 4.69) is 6.92 Å². The Morgan fingerprint density at radius 3 is 1.89 bits per heavy atom. The zero-order valence-corrected chi connectivity index (χ0v) is 15.6. The predicted molar refractivity (Wildman–Crippen MR) is 77.8 cm³/mol. The quantitative estimate of drug-likeness (QED) is 0.739. The normalized spacial score (nSPS) is 20.9. The fourth-order valence-corrected chi connectivity index (χ4v) is 1.95. The fourth-order valence-electron chi connectivity index (χ4n) is 1.95. The molecule has 0 spiro atoms. The van der Waals surface area contributed by atoms with Gasteiger partial charge in [0.05, 0.1) is 6.10 Å². The number of aryl methyl sites for hydroxylation is 1. The minimum Gasteiger partial charge on any atom is -0.508 e. The van der Waals surface area contributed by atoms with Crippen molar-refractivity contribution in [2.75, 3.05) is 0 Å². The molecule has 3 heteroatoms. The summed E-state index contributed by atoms with van der Waals surface area (Å²) in [4.78, 5) is 0. The average molecular weight is 341 g/mol. The van der Waals surface area contributed by atoms with E-state index in [-0.39, 0.29) is 38.8 Å². The van der Waals surface area contributed by atoms with Gasteiger partial charge in [0.25, 0.3) is 0 Å². The molecule has 1 aromatic rings. The molecule has 2 atom stereocenters. The van der Waals surface area contributed by atoms with Crippen molar-refractivity contribution in [2.24, 2.45) is 5.92 Å². The molecule has 1 aliphatic carbocycles. The minimum absolute atomic E-state index is 0. The Labute approximate surface area is 143 Å². The van der Waals surface area contributed by atoms with Gasteiger partial charge in [0.15, 0.2) is 0 Å². The number of hydrogen-bond donors (Lipinski definition) is 2. The molecule has 0 aliphatic heterocycles. The maximum absolute atomic E-state index is 9.08. The van der Waals surface area contributed by atoms with Crippen LogP contribution in [0.15, 0.2) is 24.3 Å². The third-order valence-electron chi connectivity index (χ3n) is 2.94. The van der Waals surface area contributed by atoms with E-state index < -0.39 is 0 Å². The van der Waals surface area contributed by atoms with E-state index in [4.69, 9.17) is 10.2 Å². The minimum atomic E-state index is 0. The van der Waals surface area contributed by atoms with Gasteiger partial charge in [-0.15, -0.1) is 0 Å². The van der Waals surface area contributed by atoms with Crippen molar-refractivity contribution in [3.63, 3.8) is 0 Å². The second-order valence-corrected chi connectivity index (χ2v) is 4.76. The topological polar surface area (TPSA) is 40.5 Å². The molecule has 0 amide bonds. The number of aromatic hydroxyl groups is 1. The summed E-state index contributed by atoms with van der Waals surface area (Å²) >= 11 is 0. The predicted octanol–water partition coefficient (Wildman–Crippen LogP) is 4.28. The Balaban J connectivity index is 0. The first-order chi connectivity index (χ1) is 8.58. The summed E-state index contributed by atoms with van der Waals surface area (Å²) in [5.74, 6) is 1.09. The molecule has 1 fully saturated rings. The first-order valence-corrected chi connectivity index (χ1v) is 7.01. The van der Waals surface area contributed by atoms with E-state index in [0.29, 0.717) is 5.75 Å². The monoisotopic (exact) mass is 341 g/mol. The number of phenols is 1. The van der Waals surface area contributed by atoms with Crippen LogP contribution in [0.5, 0.6) is 5.75 Å². The smallest absolute Gasteiger partial charge is 0.115 e. The van der Waals surface area contributed by atoms with Crippen molar-refractivity contribution in [1.82, 2.24) is 0 Å². The maximum atomic E-state index is 9.08. The summed E-state index contributed by atoms with van der Waals surface area (Å²) in [7, 11) is 0. The van der Waals surface area contributed by atoms with Gasteiger partial charge in [0.1, 0.15) is 5.75 Å². The van der Waals surface area contributed by atoms with Gasteiger partial charge in [-0.3, -0.25) is 0 Å². The molecule has 0 bridgehead atoms. The summed E-state index contributed by atoms with van der Waals surface area (Å²) in [6.45, 7) is 8.20. The van der Waals surface area contributed by atoms with Gasteiger partial charge in [0.2, 0.25) is 0 Å². The van der Waals surface area contributed by atoms with Crippen molar-refractivity contribution >= 4 is 0 Å². The van der Waals surface area contributed by atoms with E-state index in [1.165, 1.54) is 18.4 Å². The van der Waals surface area contributed by atoms with Crippen LogP contribution < -0.4 is 0 Å². The van der Waals surface area contributed by atoms with Crippen molar-refractivity contribution in [3.8, 4) is 5.75 Å². The number of aliphatic hydroxyl groups is 1. The van der Waals surface area contributed by atoms with Gasteiger partial charge in [0, 0.05) is 32.7 Å². The fraction of sp³-hybridized carbons (Fsp3) is 0.625. The van der Waals surface area contributed by atoms with E-state index in [0.717, 1.165) is 18.8 Å². The molecule has 0 aromatic heterocycles. The van der Waals surface area contributed by atoms with E-state index in [1.807, 2.05) is 32.9 Å². The zero-order valence-electron chi connectivity index (χ0n) is 12.8. The third-order valence-corrected chi connectivity index (χ3v) is 2.94. The Bertz CT molecular complexity index is 269. The number of hydrogen-bond acceptors (Lipinski definition) is 2.